The molecular formula is C29H39NO4S. The van der Waals surface area contributed by atoms with E-state index >= 15 is 0 Å². The van der Waals surface area contributed by atoms with Gasteiger partial charge in [-0.15, -0.1) is 11.3 Å². The van der Waals surface area contributed by atoms with Crippen LogP contribution in [-0.4, -0.2) is 47.7 Å². The minimum Gasteiger partial charge on any atom is -0.465 e. The van der Waals surface area contributed by atoms with Crippen LogP contribution in [-0.2, 0) is 16.0 Å². The number of aliphatic hydroxyl groups is 1. The quantitative estimate of drug-likeness (QED) is 0.252. The summed E-state index contributed by atoms with van der Waals surface area (Å²) in [6, 6.07) is 14.4. The molecule has 2 aromatic rings. The van der Waals surface area contributed by atoms with Crippen molar-refractivity contribution in [2.75, 3.05) is 13.7 Å². The average Bonchev–Trinajstić information content (AvgIpc) is 3.49. The van der Waals surface area contributed by atoms with Crippen molar-refractivity contribution in [3.8, 4) is 0 Å². The summed E-state index contributed by atoms with van der Waals surface area (Å²) in [5.74, 6) is 0.131. The van der Waals surface area contributed by atoms with E-state index in [1.54, 1.807) is 6.07 Å². The zero-order chi connectivity index (χ0) is 25.0. The third kappa shape index (κ3) is 8.62. The topological polar surface area (TPSA) is 66.8 Å². The molecule has 0 unspecified atom stereocenters. The standard InChI is InChI=1S/C29H39NO4S/c1-22(10-5-3-6-11-23-12-7-4-8-13-23)26(31)18-15-24-16-20-28(32)30(24)21-9-14-25-17-19-27(35-25)29(33)34-2/h4,7-9,12-14,17,19,22,24,26,31H,3,5-6,10-11,15-16,18,20-21H2,1-2H3/b14-9-/t22-,24-,26+/m0/s1. The molecule has 0 radical (unpaired) electrons. The van der Waals surface area contributed by atoms with Gasteiger partial charge in [0.25, 0.3) is 0 Å². The van der Waals surface area contributed by atoms with Gasteiger partial charge in [-0.3, -0.25) is 4.79 Å². The van der Waals surface area contributed by atoms with E-state index in [0.717, 1.165) is 43.4 Å². The van der Waals surface area contributed by atoms with E-state index in [2.05, 4.69) is 37.3 Å². The van der Waals surface area contributed by atoms with Crippen LogP contribution in [0.15, 0.2) is 48.5 Å². The van der Waals surface area contributed by atoms with Crippen molar-refractivity contribution in [3.05, 3.63) is 63.9 Å². The smallest absolute Gasteiger partial charge is 0.348 e. The lowest BCUT2D eigenvalue weighted by atomic mass is 9.92. The molecule has 0 bridgehead atoms. The monoisotopic (exact) mass is 497 g/mol. The molecule has 3 atom stereocenters. The first-order valence-corrected chi connectivity index (χ1v) is 13.7. The Hall–Kier alpha value is -2.44. The average molecular weight is 498 g/mol. The van der Waals surface area contributed by atoms with Crippen LogP contribution in [0, 0.1) is 5.92 Å². The van der Waals surface area contributed by atoms with E-state index in [4.69, 9.17) is 4.74 Å². The fourth-order valence-electron chi connectivity index (χ4n) is 4.74. The molecule has 1 aliphatic rings. The fourth-order valence-corrected chi connectivity index (χ4v) is 5.59. The lowest BCUT2D eigenvalue weighted by molar-refractivity contribution is -0.128. The Morgan fingerprint density at radius 3 is 2.74 bits per heavy atom. The number of rotatable bonds is 14. The summed E-state index contributed by atoms with van der Waals surface area (Å²) >= 11 is 1.38. The highest BCUT2D eigenvalue weighted by Crippen LogP contribution is 2.26. The van der Waals surface area contributed by atoms with Crippen molar-refractivity contribution in [2.45, 2.75) is 76.9 Å². The van der Waals surface area contributed by atoms with Gasteiger partial charge in [-0.25, -0.2) is 4.79 Å². The van der Waals surface area contributed by atoms with Crippen molar-refractivity contribution >= 4 is 29.3 Å². The fraction of sp³-hybridized carbons (Fsp3) is 0.517. The Kier molecular flexibility index (Phi) is 11.0. The summed E-state index contributed by atoms with van der Waals surface area (Å²) in [6.45, 7) is 2.70. The first-order valence-electron chi connectivity index (χ1n) is 12.8. The van der Waals surface area contributed by atoms with Crippen LogP contribution in [0.2, 0.25) is 0 Å². The molecule has 5 nitrogen and oxygen atoms in total. The second-order valence-electron chi connectivity index (χ2n) is 9.54. The number of hydrogen-bond donors (Lipinski definition) is 1. The molecule has 0 aliphatic carbocycles. The number of amides is 1. The van der Waals surface area contributed by atoms with E-state index in [1.165, 1.54) is 36.9 Å². The van der Waals surface area contributed by atoms with Crippen molar-refractivity contribution in [1.82, 2.24) is 4.90 Å². The van der Waals surface area contributed by atoms with Crippen LogP contribution in [0.3, 0.4) is 0 Å². The highest BCUT2D eigenvalue weighted by molar-refractivity contribution is 7.14. The minimum atomic E-state index is -0.329. The molecular weight excluding hydrogens is 458 g/mol. The van der Waals surface area contributed by atoms with Gasteiger partial charge in [-0.2, -0.15) is 0 Å². The number of benzene rings is 1. The molecule has 1 N–H and O–H groups in total. The van der Waals surface area contributed by atoms with Crippen molar-refractivity contribution in [2.24, 2.45) is 5.92 Å². The van der Waals surface area contributed by atoms with Crippen LogP contribution in [0.5, 0.6) is 0 Å². The van der Waals surface area contributed by atoms with E-state index in [9.17, 15) is 14.7 Å². The van der Waals surface area contributed by atoms with Crippen LogP contribution in [0.1, 0.15) is 78.4 Å². The van der Waals surface area contributed by atoms with Crippen molar-refractivity contribution in [1.29, 1.82) is 0 Å². The van der Waals surface area contributed by atoms with Crippen LogP contribution in [0.4, 0.5) is 0 Å². The number of carbonyl (C=O) groups excluding carboxylic acids is 2. The van der Waals surface area contributed by atoms with Gasteiger partial charge in [-0.1, -0.05) is 56.2 Å². The molecule has 1 saturated heterocycles. The number of hydrogen-bond acceptors (Lipinski definition) is 5. The Morgan fingerprint density at radius 1 is 1.17 bits per heavy atom. The number of unbranched alkanes of at least 4 members (excludes halogenated alkanes) is 2. The number of ether oxygens (including phenoxy) is 1. The summed E-state index contributed by atoms with van der Waals surface area (Å²) in [5.41, 5.74) is 1.40. The normalized spacial score (nSPS) is 17.7. The highest BCUT2D eigenvalue weighted by Gasteiger charge is 2.30. The zero-order valence-corrected chi connectivity index (χ0v) is 21.8. The number of esters is 1. The lowest BCUT2D eigenvalue weighted by Crippen LogP contribution is -2.34. The van der Waals surface area contributed by atoms with E-state index in [1.807, 2.05) is 23.1 Å². The highest BCUT2D eigenvalue weighted by atomic mass is 32.1. The zero-order valence-electron chi connectivity index (χ0n) is 21.0. The molecule has 1 fully saturated rings. The number of likely N-dealkylation sites (tertiary alicyclic amines) is 1. The summed E-state index contributed by atoms with van der Waals surface area (Å²) in [4.78, 5) is 27.5. The van der Waals surface area contributed by atoms with Gasteiger partial charge in [0.05, 0.1) is 13.2 Å². The largest absolute Gasteiger partial charge is 0.465 e. The van der Waals surface area contributed by atoms with Gasteiger partial charge in [0.15, 0.2) is 0 Å². The minimum absolute atomic E-state index is 0.182. The summed E-state index contributed by atoms with van der Waals surface area (Å²) < 4.78 is 4.75. The molecule has 6 heteroatoms. The van der Waals surface area contributed by atoms with Crippen LogP contribution < -0.4 is 0 Å². The Balaban J connectivity index is 1.36. The van der Waals surface area contributed by atoms with Gasteiger partial charge in [0.1, 0.15) is 4.88 Å². The Morgan fingerprint density at radius 2 is 1.97 bits per heavy atom. The summed E-state index contributed by atoms with van der Waals surface area (Å²) in [6.07, 6.45) is 12.3. The van der Waals surface area contributed by atoms with Gasteiger partial charge in [-0.05, 0) is 68.2 Å². The molecule has 190 valence electrons. The van der Waals surface area contributed by atoms with Crippen LogP contribution in [0.25, 0.3) is 6.08 Å². The second-order valence-corrected chi connectivity index (χ2v) is 10.7. The summed E-state index contributed by atoms with van der Waals surface area (Å²) in [5, 5.41) is 10.7. The molecule has 2 heterocycles. The maximum absolute atomic E-state index is 12.4. The number of aliphatic hydroxyl groups excluding tert-OH is 1. The predicted molar refractivity (Wildman–Crippen MR) is 142 cm³/mol. The van der Waals surface area contributed by atoms with Crippen molar-refractivity contribution in [3.63, 3.8) is 0 Å². The number of methoxy groups -OCH3 is 1. The molecule has 1 aromatic carbocycles. The molecule has 0 saturated carbocycles. The van der Waals surface area contributed by atoms with Gasteiger partial charge < -0.3 is 14.7 Å². The van der Waals surface area contributed by atoms with E-state index in [0.29, 0.717) is 17.8 Å². The Labute approximate surface area is 213 Å². The third-order valence-electron chi connectivity index (χ3n) is 6.97. The maximum Gasteiger partial charge on any atom is 0.348 e. The molecule has 1 aromatic heterocycles. The van der Waals surface area contributed by atoms with E-state index in [-0.39, 0.29) is 29.9 Å². The first kappa shape index (κ1) is 27.2. The molecule has 1 aliphatic heterocycles. The van der Waals surface area contributed by atoms with Gasteiger partial charge in [0.2, 0.25) is 5.91 Å². The molecule has 1 amide bonds. The number of nitrogens with zero attached hydrogens (tertiary/aromatic N) is 1. The molecule has 35 heavy (non-hydrogen) atoms. The molecule has 0 spiro atoms. The second kappa shape index (κ2) is 14.2. The maximum atomic E-state index is 12.4. The lowest BCUT2D eigenvalue weighted by Gasteiger charge is -2.26. The molecule has 3 rings (SSSR count). The Bertz CT molecular complexity index is 955. The number of aryl methyl sites for hydroxylation is 1. The predicted octanol–water partition coefficient (Wildman–Crippen LogP) is 6.12. The van der Waals surface area contributed by atoms with Gasteiger partial charge in [0, 0.05) is 23.9 Å². The summed E-state index contributed by atoms with van der Waals surface area (Å²) in [7, 11) is 1.38. The van der Waals surface area contributed by atoms with Crippen molar-refractivity contribution < 1.29 is 19.4 Å². The first-order chi connectivity index (χ1) is 17.0. The third-order valence-corrected chi connectivity index (χ3v) is 8.00. The van der Waals surface area contributed by atoms with Gasteiger partial charge >= 0.3 is 5.97 Å². The van der Waals surface area contributed by atoms with E-state index < -0.39 is 0 Å². The number of thiophene rings is 1. The SMILES string of the molecule is COC(=O)c1ccc(/C=C\CN2C(=O)CC[C@@H]2CC[C@@H](O)[C@@H](C)CCCCCc2ccccc2)s1. The number of carbonyl (C=O) groups is 2. The van der Waals surface area contributed by atoms with Crippen LogP contribution >= 0.6 is 11.3 Å².